The Hall–Kier alpha value is -1.03. The van der Waals surface area contributed by atoms with Gasteiger partial charge in [-0.15, -0.1) is 22.7 Å². The monoisotopic (exact) mass is 638 g/mol. The van der Waals surface area contributed by atoms with Gasteiger partial charge in [-0.3, -0.25) is 0 Å². The van der Waals surface area contributed by atoms with Crippen LogP contribution >= 0.6 is 32.7 Å². The second-order valence-corrected chi connectivity index (χ2v) is 20.6. The van der Waals surface area contributed by atoms with Gasteiger partial charge in [-0.25, -0.2) is 0 Å². The van der Waals surface area contributed by atoms with Crippen LogP contribution in [0.5, 0.6) is 0 Å². The summed E-state index contributed by atoms with van der Waals surface area (Å²) in [7, 11) is -1.33. The Morgan fingerprint density at radius 1 is 0.605 bits per heavy atom. The maximum absolute atomic E-state index is 2.68. The summed E-state index contributed by atoms with van der Waals surface area (Å²) in [6.07, 6.45) is 17.5. The summed E-state index contributed by atoms with van der Waals surface area (Å²) in [6.45, 7) is 21.5. The van der Waals surface area contributed by atoms with Crippen LogP contribution in [0.25, 0.3) is 9.75 Å². The number of fused-ring (bicyclic) bond motifs is 3. The van der Waals surface area contributed by atoms with Crippen molar-refractivity contribution < 1.29 is 0 Å². The third-order valence-electron chi connectivity index (χ3n) is 9.39. The normalized spacial score (nSPS) is 15.2. The van der Waals surface area contributed by atoms with Gasteiger partial charge in [-0.2, -0.15) is 10.0 Å². The van der Waals surface area contributed by atoms with Gasteiger partial charge in [0.2, 0.25) is 0 Å². The number of hydrogen-bond acceptors (Lipinski definition) is 2. The van der Waals surface area contributed by atoms with Crippen LogP contribution in [0.2, 0.25) is 0 Å². The molecule has 1 aliphatic rings. The first-order valence-corrected chi connectivity index (χ1v) is 21.1. The summed E-state index contributed by atoms with van der Waals surface area (Å²) in [6, 6.07) is 15.5. The molecule has 3 heterocycles. The number of unbranched alkanes of at least 4 members (excludes halogenated alkanes) is 7. The summed E-state index contributed by atoms with van der Waals surface area (Å²) in [5.41, 5.74) is 1.88. The fourth-order valence-electron chi connectivity index (χ4n) is 6.62. The summed E-state index contributed by atoms with van der Waals surface area (Å²) in [4.78, 5) is 11.4. The molecule has 1 aromatic carbocycles. The average Bonchev–Trinajstić information content (AvgIpc) is 3.65. The van der Waals surface area contributed by atoms with Crippen molar-refractivity contribution in [3.8, 4) is 9.75 Å². The van der Waals surface area contributed by atoms with Gasteiger partial charge in [0.1, 0.15) is 0 Å². The molecule has 0 radical (unpaired) electrons. The molecular formula is C40H62S3. The van der Waals surface area contributed by atoms with E-state index in [1.807, 2.05) is 0 Å². The molecular weight excluding hydrogens is 577 g/mol. The smallest absolute Gasteiger partial charge is 0.0584 e. The van der Waals surface area contributed by atoms with E-state index in [1.165, 1.54) is 94.8 Å². The lowest BCUT2D eigenvalue weighted by atomic mass is 9.95. The van der Waals surface area contributed by atoms with Crippen LogP contribution < -0.4 is 0 Å². The highest BCUT2D eigenvalue weighted by Gasteiger charge is 2.46. The van der Waals surface area contributed by atoms with Gasteiger partial charge >= 0.3 is 0 Å². The maximum Gasteiger partial charge on any atom is 0.0584 e. The Labute approximate surface area is 275 Å². The molecule has 2 aromatic heterocycles. The molecule has 0 N–H and O–H groups in total. The van der Waals surface area contributed by atoms with Crippen molar-refractivity contribution in [3.05, 3.63) is 51.7 Å². The molecule has 0 amide bonds. The van der Waals surface area contributed by atoms with Crippen molar-refractivity contribution in [3.63, 3.8) is 0 Å². The number of hydrogen-bond donors (Lipinski definition) is 0. The Balaban J connectivity index is 1.82. The van der Waals surface area contributed by atoms with Crippen LogP contribution in [0.3, 0.4) is 0 Å². The van der Waals surface area contributed by atoms with E-state index in [-0.39, 0.29) is 10.8 Å². The van der Waals surface area contributed by atoms with Gasteiger partial charge in [0, 0.05) is 19.5 Å². The first-order chi connectivity index (χ1) is 20.5. The maximum atomic E-state index is 2.68. The molecule has 0 aliphatic carbocycles. The van der Waals surface area contributed by atoms with Gasteiger partial charge in [-0.1, -0.05) is 132 Å². The van der Waals surface area contributed by atoms with E-state index in [0.717, 1.165) is 5.92 Å². The van der Waals surface area contributed by atoms with E-state index < -0.39 is 10.0 Å². The van der Waals surface area contributed by atoms with Crippen LogP contribution in [0, 0.1) is 5.92 Å². The first-order valence-electron chi connectivity index (χ1n) is 17.6. The molecule has 0 atom stereocenters. The molecule has 0 unspecified atom stereocenters. The minimum atomic E-state index is -1.33. The van der Waals surface area contributed by atoms with E-state index >= 15 is 0 Å². The SMILES string of the molecule is CCCCCCCCc1ccc(S2(CC(CCCC)CCCC)c3cc(C(C)(C)C)sc3-c3sc(C(C)(C)C)cc32)cc1. The molecule has 0 fully saturated rings. The highest BCUT2D eigenvalue weighted by atomic mass is 32.3. The second-order valence-electron chi connectivity index (χ2n) is 15.3. The van der Waals surface area contributed by atoms with E-state index in [9.17, 15) is 0 Å². The molecule has 0 saturated heterocycles. The lowest BCUT2D eigenvalue weighted by Crippen LogP contribution is -2.16. The second kappa shape index (κ2) is 15.0. The zero-order valence-corrected chi connectivity index (χ0v) is 31.6. The van der Waals surface area contributed by atoms with Crippen LogP contribution in [0.15, 0.2) is 51.1 Å². The van der Waals surface area contributed by atoms with E-state index in [1.54, 1.807) is 34.2 Å². The van der Waals surface area contributed by atoms with Gasteiger partial charge in [0.25, 0.3) is 0 Å². The Morgan fingerprint density at radius 2 is 1.07 bits per heavy atom. The molecule has 240 valence electrons. The van der Waals surface area contributed by atoms with Gasteiger partial charge in [-0.05, 0) is 82.9 Å². The number of thiophene rings is 2. The molecule has 4 rings (SSSR count). The van der Waals surface area contributed by atoms with Gasteiger partial charge in [0.15, 0.2) is 0 Å². The van der Waals surface area contributed by atoms with Crippen molar-refractivity contribution in [1.82, 2.24) is 0 Å². The number of rotatable bonds is 16. The Morgan fingerprint density at radius 3 is 1.53 bits per heavy atom. The van der Waals surface area contributed by atoms with Crippen LogP contribution in [0.4, 0.5) is 0 Å². The standard InChI is InChI=1S/C40H62S3/c1-10-13-16-17-18-19-22-30-23-25-32(26-24-30)43(29-31(20-14-11-2)21-15-12-3)33-27-35(39(4,5)6)41-37(33)38-34(43)28-36(42-38)40(7,8)9/h23-28,31H,10-22,29H2,1-9H3. The number of benzene rings is 1. The minimum Gasteiger partial charge on any atom is -0.157 e. The minimum absolute atomic E-state index is 0.176. The highest BCUT2D eigenvalue weighted by Crippen LogP contribution is 2.79. The van der Waals surface area contributed by atoms with Crippen LogP contribution in [-0.2, 0) is 17.3 Å². The third-order valence-corrected chi connectivity index (χ3v) is 17.1. The summed E-state index contributed by atoms with van der Waals surface area (Å²) >= 11 is 4.22. The topological polar surface area (TPSA) is 0 Å². The number of aryl methyl sites for hydroxylation is 1. The summed E-state index contributed by atoms with van der Waals surface area (Å²) < 4.78 is 0. The zero-order chi connectivity index (χ0) is 31.3. The van der Waals surface area contributed by atoms with Crippen molar-refractivity contribution in [2.24, 2.45) is 5.92 Å². The molecule has 0 saturated carbocycles. The molecule has 3 aromatic rings. The average molecular weight is 639 g/mol. The Bertz CT molecular complexity index is 1210. The van der Waals surface area contributed by atoms with Crippen LogP contribution in [0.1, 0.15) is 155 Å². The van der Waals surface area contributed by atoms with Crippen molar-refractivity contribution >= 4 is 32.7 Å². The third kappa shape index (κ3) is 8.04. The summed E-state index contributed by atoms with van der Waals surface area (Å²) in [5.74, 6) is 2.11. The van der Waals surface area contributed by atoms with E-state index in [0.29, 0.717) is 0 Å². The van der Waals surface area contributed by atoms with Crippen LogP contribution in [-0.4, -0.2) is 5.75 Å². The lowest BCUT2D eigenvalue weighted by Gasteiger charge is -2.41. The molecule has 3 heteroatoms. The fraction of sp³-hybridized carbons (Fsp3) is 0.650. The lowest BCUT2D eigenvalue weighted by molar-refractivity contribution is 0.459. The Kier molecular flexibility index (Phi) is 12.2. The quantitative estimate of drug-likeness (QED) is 0.137. The van der Waals surface area contributed by atoms with Gasteiger partial charge in [0.05, 0.1) is 9.75 Å². The predicted molar refractivity (Wildman–Crippen MR) is 198 cm³/mol. The highest BCUT2D eigenvalue weighted by molar-refractivity contribution is 8.34. The largest absolute Gasteiger partial charge is 0.157 e. The molecule has 1 aliphatic heterocycles. The van der Waals surface area contributed by atoms with E-state index in [2.05, 4.69) is 121 Å². The van der Waals surface area contributed by atoms with E-state index in [4.69, 9.17) is 0 Å². The van der Waals surface area contributed by atoms with Crippen molar-refractivity contribution in [2.45, 2.75) is 171 Å². The first kappa shape index (κ1) is 34.8. The summed E-state index contributed by atoms with van der Waals surface area (Å²) in [5, 5.41) is 0. The fourth-order valence-corrected chi connectivity index (χ4v) is 14.8. The molecule has 0 nitrogen and oxygen atoms in total. The molecule has 43 heavy (non-hydrogen) atoms. The molecule has 0 bridgehead atoms. The van der Waals surface area contributed by atoms with Gasteiger partial charge < -0.3 is 0 Å². The van der Waals surface area contributed by atoms with Crippen molar-refractivity contribution in [1.29, 1.82) is 0 Å². The molecule has 0 spiro atoms. The van der Waals surface area contributed by atoms with Crippen molar-refractivity contribution in [2.75, 3.05) is 5.75 Å². The predicted octanol–water partition coefficient (Wildman–Crippen LogP) is 14.6. The zero-order valence-electron chi connectivity index (χ0n) is 29.2.